The highest BCUT2D eigenvalue weighted by Gasteiger charge is 2.35. The molecule has 2 aromatic carbocycles. The number of ether oxygens (including phenoxy) is 1. The van der Waals surface area contributed by atoms with Gasteiger partial charge in [-0.3, -0.25) is 14.6 Å². The largest absolute Gasteiger partial charge is 0.507 e. The number of aromatic nitrogens is 2. The van der Waals surface area contributed by atoms with Gasteiger partial charge in [-0.05, 0) is 31.0 Å². The van der Waals surface area contributed by atoms with E-state index in [0.717, 1.165) is 37.0 Å². The molecule has 0 atom stereocenters. The minimum absolute atomic E-state index is 0.00793. The van der Waals surface area contributed by atoms with Crippen molar-refractivity contribution >= 4 is 17.5 Å². The summed E-state index contributed by atoms with van der Waals surface area (Å²) < 4.78 is 10.1. The maximum atomic E-state index is 12.8. The van der Waals surface area contributed by atoms with Crippen molar-refractivity contribution in [2.45, 2.75) is 12.8 Å². The Bertz CT molecular complexity index is 1210. The van der Waals surface area contributed by atoms with Crippen LogP contribution >= 0.6 is 0 Å². The minimum atomic E-state index is -0.866. The summed E-state index contributed by atoms with van der Waals surface area (Å²) in [6, 6.07) is 6.31. The van der Waals surface area contributed by atoms with Gasteiger partial charge in [0.05, 0.1) is 16.7 Å². The zero-order valence-corrected chi connectivity index (χ0v) is 16.1. The highest BCUT2D eigenvalue weighted by atomic mass is 17.0. The van der Waals surface area contributed by atoms with Gasteiger partial charge in [-0.25, -0.2) is 4.79 Å². The Morgan fingerprint density at radius 3 is 2.52 bits per heavy atom. The molecule has 0 radical (unpaired) electrons. The van der Waals surface area contributed by atoms with Crippen molar-refractivity contribution in [3.8, 4) is 11.5 Å². The molecular formula is C20H17N3O8. The zero-order valence-electron chi connectivity index (χ0n) is 16.1. The summed E-state index contributed by atoms with van der Waals surface area (Å²) in [7, 11) is 0. The summed E-state index contributed by atoms with van der Waals surface area (Å²) >= 11 is 0. The average Bonchev–Trinajstić information content (AvgIpc) is 3.30. The molecule has 11 nitrogen and oxygen atoms in total. The number of phenolic OH excluding ortho intramolecular Hbond substituents is 2. The van der Waals surface area contributed by atoms with Crippen LogP contribution in [-0.4, -0.2) is 57.6 Å². The molecule has 1 saturated heterocycles. The van der Waals surface area contributed by atoms with E-state index in [4.69, 9.17) is 14.2 Å². The molecular weight excluding hydrogens is 410 g/mol. The van der Waals surface area contributed by atoms with Gasteiger partial charge in [-0.1, -0.05) is 12.1 Å². The second kappa shape index (κ2) is 6.97. The van der Waals surface area contributed by atoms with Crippen molar-refractivity contribution in [1.82, 2.24) is 9.98 Å². The fraction of sp³-hybridized carbons (Fsp3) is 0.250. The highest BCUT2D eigenvalue weighted by Crippen LogP contribution is 2.37. The van der Waals surface area contributed by atoms with Crippen LogP contribution in [-0.2, 0) is 4.74 Å². The van der Waals surface area contributed by atoms with Crippen LogP contribution in [0.2, 0.25) is 0 Å². The molecule has 1 aliphatic heterocycles. The molecule has 0 bridgehead atoms. The maximum Gasteiger partial charge on any atom is 0.341 e. The lowest BCUT2D eigenvalue weighted by molar-refractivity contribution is -0.0604. The van der Waals surface area contributed by atoms with E-state index >= 15 is 0 Å². The van der Waals surface area contributed by atoms with Gasteiger partial charge in [0.15, 0.2) is 5.78 Å². The third-order valence-corrected chi connectivity index (χ3v) is 5.27. The van der Waals surface area contributed by atoms with Gasteiger partial charge < -0.3 is 19.8 Å². The monoisotopic (exact) mass is 427 g/mol. The Labute approximate surface area is 174 Å². The first-order chi connectivity index (χ1) is 15.0. The number of hydrogen-bond acceptors (Lipinski definition) is 9. The van der Waals surface area contributed by atoms with Crippen LogP contribution in [0, 0.1) is 0 Å². The van der Waals surface area contributed by atoms with Crippen molar-refractivity contribution < 1.29 is 38.8 Å². The van der Waals surface area contributed by atoms with Gasteiger partial charge in [-0.15, -0.1) is 0 Å². The number of carbonyl (C=O) groups excluding carboxylic acids is 3. The molecule has 0 saturated carbocycles. The molecule has 0 spiro atoms. The lowest BCUT2D eigenvalue weighted by Gasteiger charge is -2.19. The number of hydrogen-bond donors (Lipinski definition) is 2. The molecule has 31 heavy (non-hydrogen) atoms. The number of carbonyl (C=O) groups is 3. The van der Waals surface area contributed by atoms with E-state index in [1.165, 1.54) is 29.2 Å². The summed E-state index contributed by atoms with van der Waals surface area (Å²) in [5.41, 5.74) is -0.741. The smallest absolute Gasteiger partial charge is 0.341 e. The third-order valence-electron chi connectivity index (χ3n) is 5.27. The highest BCUT2D eigenvalue weighted by molar-refractivity contribution is 6.30. The number of nitrogens with zero attached hydrogens (tertiary/aromatic N) is 3. The number of benzene rings is 2. The molecule has 1 fully saturated rings. The van der Waals surface area contributed by atoms with E-state index in [9.17, 15) is 24.6 Å². The second-order valence-corrected chi connectivity index (χ2v) is 7.19. The first kappa shape index (κ1) is 18.9. The van der Waals surface area contributed by atoms with Crippen LogP contribution in [0.1, 0.15) is 55.0 Å². The topological polar surface area (TPSA) is 136 Å². The van der Waals surface area contributed by atoms with Gasteiger partial charge in [0, 0.05) is 29.2 Å². The molecule has 160 valence electrons. The van der Waals surface area contributed by atoms with Crippen molar-refractivity contribution in [3.63, 3.8) is 0 Å². The normalized spacial score (nSPS) is 15.2. The molecule has 3 aromatic rings. The lowest BCUT2D eigenvalue weighted by Crippen LogP contribution is -2.30. The molecule has 1 aromatic heterocycles. The fourth-order valence-electron chi connectivity index (χ4n) is 3.75. The Morgan fingerprint density at radius 1 is 1.00 bits per heavy atom. The third kappa shape index (κ3) is 3.10. The first-order valence-electron chi connectivity index (χ1n) is 9.57. The quantitative estimate of drug-likeness (QED) is 0.354. The molecule has 2 N–H and O–H groups in total. The summed E-state index contributed by atoms with van der Waals surface area (Å²) in [6.07, 6.45) is 2.10. The summed E-state index contributed by atoms with van der Waals surface area (Å²) in [5, 5.41) is 23.3. The van der Waals surface area contributed by atoms with Crippen molar-refractivity contribution in [2.75, 3.05) is 24.9 Å². The van der Waals surface area contributed by atoms with Crippen molar-refractivity contribution in [3.05, 3.63) is 58.1 Å². The van der Waals surface area contributed by atoms with Crippen molar-refractivity contribution in [1.29, 1.82) is 0 Å². The SMILES string of the molecule is O=C(OCOn1on1N1CCCC1)c1cc(O)c2c(c1)C(=O)c1cccc(O)c1C2=O. The van der Waals surface area contributed by atoms with Crippen LogP contribution in [0.5, 0.6) is 11.5 Å². The molecule has 2 heterocycles. The van der Waals surface area contributed by atoms with Crippen LogP contribution in [0.25, 0.3) is 0 Å². The van der Waals surface area contributed by atoms with E-state index in [-0.39, 0.29) is 33.6 Å². The number of fused-ring (bicyclic) bond motifs is 2. The van der Waals surface area contributed by atoms with Crippen LogP contribution in [0.15, 0.2) is 35.0 Å². The Balaban J connectivity index is 1.32. The molecule has 11 heteroatoms. The Kier molecular flexibility index (Phi) is 4.24. The van der Waals surface area contributed by atoms with E-state index in [0.29, 0.717) is 0 Å². The number of rotatable bonds is 5. The van der Waals surface area contributed by atoms with Gasteiger partial charge in [0.2, 0.25) is 5.78 Å². The lowest BCUT2D eigenvalue weighted by atomic mass is 9.82. The van der Waals surface area contributed by atoms with Crippen LogP contribution < -0.4 is 9.85 Å². The van der Waals surface area contributed by atoms with E-state index < -0.39 is 30.1 Å². The van der Waals surface area contributed by atoms with Crippen LogP contribution in [0.3, 0.4) is 0 Å². The predicted octanol–water partition coefficient (Wildman–Crippen LogP) is 1.04. The maximum absolute atomic E-state index is 12.8. The number of phenols is 2. The number of esters is 1. The Hall–Kier alpha value is -4.15. The van der Waals surface area contributed by atoms with Gasteiger partial charge in [0.1, 0.15) is 16.5 Å². The molecule has 0 amide bonds. The molecule has 2 aliphatic rings. The van der Waals surface area contributed by atoms with Crippen molar-refractivity contribution in [2.24, 2.45) is 0 Å². The van der Waals surface area contributed by atoms with E-state index in [2.05, 4.69) is 0 Å². The summed E-state index contributed by atoms with van der Waals surface area (Å²) in [6.45, 7) is 1.20. The zero-order chi connectivity index (χ0) is 21.7. The van der Waals surface area contributed by atoms with E-state index in [1.54, 1.807) is 0 Å². The van der Waals surface area contributed by atoms with Gasteiger partial charge in [0.25, 0.3) is 6.79 Å². The summed E-state index contributed by atoms with van der Waals surface area (Å²) in [4.78, 5) is 44.5. The van der Waals surface area contributed by atoms with Gasteiger partial charge >= 0.3 is 5.97 Å². The predicted molar refractivity (Wildman–Crippen MR) is 102 cm³/mol. The average molecular weight is 427 g/mol. The van der Waals surface area contributed by atoms with Crippen LogP contribution in [0.4, 0.5) is 0 Å². The summed E-state index contributed by atoms with van der Waals surface area (Å²) in [5.74, 6) is -3.09. The number of aromatic hydroxyl groups is 2. The van der Waals surface area contributed by atoms with E-state index in [1.807, 2.05) is 5.01 Å². The first-order valence-corrected chi connectivity index (χ1v) is 9.57. The minimum Gasteiger partial charge on any atom is -0.507 e. The Morgan fingerprint density at radius 2 is 1.74 bits per heavy atom. The molecule has 0 unspecified atom stereocenters. The number of ketones is 2. The molecule has 1 aliphatic carbocycles. The second-order valence-electron chi connectivity index (χ2n) is 7.19. The standard InChI is InChI=1S/C20H17N3O8/c24-14-5-3-4-12-16(14)19(27)17-13(18(12)26)8-11(9-15(17)25)20(28)29-10-30-23-22(31-23)21-6-1-2-7-21/h3-5,8-9,24-25H,1-2,6-7,10H2. The van der Waals surface area contributed by atoms with Gasteiger partial charge in [-0.2, -0.15) is 4.63 Å². The molecule has 5 rings (SSSR count). The fourth-order valence-corrected chi connectivity index (χ4v) is 3.75.